The zero-order valence-electron chi connectivity index (χ0n) is 4.03. The molecule has 0 heterocycles. The maximum absolute atomic E-state index is 8.25. The average molecular weight is 121 g/mol. The molecule has 0 radical (unpaired) electrons. The zero-order valence-corrected chi connectivity index (χ0v) is 4.93. The molecule has 0 aromatic heterocycles. The molecule has 0 rings (SSSR count). The molecule has 0 saturated heterocycles. The highest BCUT2D eigenvalue weighted by Crippen LogP contribution is 2.18. The minimum atomic E-state index is -1.69. The van der Waals surface area contributed by atoms with Crippen LogP contribution in [0.1, 0.15) is 6.92 Å². The maximum atomic E-state index is 8.25. The minimum Gasteiger partial charge on any atom is -0.444 e. The topological polar surface area (TPSA) is 55.5 Å². The maximum Gasteiger partial charge on any atom is 0.311 e. The molecule has 0 spiro atoms. The van der Waals surface area contributed by atoms with E-state index < -0.39 is 8.53 Å². The summed E-state index contributed by atoms with van der Waals surface area (Å²) in [7, 11) is -1.69. The smallest absolute Gasteiger partial charge is 0.311 e. The second-order valence-corrected chi connectivity index (χ2v) is 1.69. The largest absolute Gasteiger partial charge is 0.444 e. The Kier molecular flexibility index (Phi) is 4.00. The Bertz CT molecular complexity index is 64.0. The first-order valence-electron chi connectivity index (χ1n) is 1.79. The summed E-state index contributed by atoms with van der Waals surface area (Å²) in [6.07, 6.45) is 3.00. The quantitative estimate of drug-likeness (QED) is 0.418. The van der Waals surface area contributed by atoms with Crippen LogP contribution in [-0.2, 0) is 4.52 Å². The number of rotatable bonds is 2. The molecule has 4 heteroatoms. The Morgan fingerprint density at radius 3 is 2.57 bits per heavy atom. The van der Waals surface area contributed by atoms with Crippen LogP contribution in [0.5, 0.6) is 0 Å². The first-order chi connectivity index (χ1) is 3.27. The van der Waals surface area contributed by atoms with Crippen molar-refractivity contribution >= 4 is 8.53 Å². The van der Waals surface area contributed by atoms with Crippen LogP contribution in [0.25, 0.3) is 0 Å². The molecule has 0 aromatic rings. The van der Waals surface area contributed by atoms with Crippen LogP contribution in [-0.4, -0.2) is 4.89 Å². The Balaban J connectivity index is 2.97. The standard InChI is InChI=1S/C3H8NO2P/c1-2-3-6-7(4)5/h2-3,5H,4H2,1H3. The van der Waals surface area contributed by atoms with Gasteiger partial charge in [0.25, 0.3) is 0 Å². The van der Waals surface area contributed by atoms with E-state index >= 15 is 0 Å². The first-order valence-corrected chi connectivity index (χ1v) is 3.07. The Labute approximate surface area is 43.8 Å². The van der Waals surface area contributed by atoms with Crippen LogP contribution >= 0.6 is 8.53 Å². The van der Waals surface area contributed by atoms with Gasteiger partial charge in [0.2, 0.25) is 0 Å². The molecule has 0 aliphatic rings. The fourth-order valence-corrected chi connectivity index (χ4v) is 0.370. The van der Waals surface area contributed by atoms with Crippen molar-refractivity contribution in [2.24, 2.45) is 5.50 Å². The molecule has 0 aromatic carbocycles. The summed E-state index contributed by atoms with van der Waals surface area (Å²) < 4.78 is 4.41. The van der Waals surface area contributed by atoms with Crippen molar-refractivity contribution in [3.05, 3.63) is 12.3 Å². The lowest BCUT2D eigenvalue weighted by Gasteiger charge is -1.96. The third-order valence-electron chi connectivity index (χ3n) is 0.305. The second-order valence-electron chi connectivity index (χ2n) is 0.877. The van der Waals surface area contributed by atoms with Crippen molar-refractivity contribution in [3.8, 4) is 0 Å². The summed E-state index contributed by atoms with van der Waals surface area (Å²) in [5, 5.41) is 0. The summed E-state index contributed by atoms with van der Waals surface area (Å²) in [5.41, 5.74) is 4.83. The van der Waals surface area contributed by atoms with Crippen LogP contribution in [0, 0.1) is 0 Å². The predicted molar refractivity (Wildman–Crippen MR) is 29.2 cm³/mol. The van der Waals surface area contributed by atoms with E-state index in [1.807, 2.05) is 0 Å². The van der Waals surface area contributed by atoms with Crippen molar-refractivity contribution < 1.29 is 9.42 Å². The highest BCUT2D eigenvalue weighted by atomic mass is 31.2. The van der Waals surface area contributed by atoms with E-state index in [0.29, 0.717) is 0 Å². The third-order valence-corrected chi connectivity index (χ3v) is 0.643. The summed E-state index contributed by atoms with van der Waals surface area (Å²) in [5.74, 6) is 0. The lowest BCUT2D eigenvalue weighted by Crippen LogP contribution is -1.84. The Hall–Kier alpha value is -0.110. The fourth-order valence-electron chi connectivity index (χ4n) is 0.123. The molecule has 0 saturated carbocycles. The first kappa shape index (κ1) is 6.89. The summed E-state index contributed by atoms with van der Waals surface area (Å²) in [6, 6.07) is 0. The van der Waals surface area contributed by atoms with Crippen LogP contribution < -0.4 is 5.50 Å². The van der Waals surface area contributed by atoms with Crippen LogP contribution in [0.2, 0.25) is 0 Å². The molecular formula is C3H8NO2P. The van der Waals surface area contributed by atoms with Crippen molar-refractivity contribution in [2.45, 2.75) is 6.92 Å². The SMILES string of the molecule is CC=COP(N)O. The van der Waals surface area contributed by atoms with Gasteiger partial charge in [-0.1, -0.05) is 6.08 Å². The molecule has 3 N–H and O–H groups in total. The number of allylic oxidation sites excluding steroid dienone is 1. The molecule has 7 heavy (non-hydrogen) atoms. The molecule has 0 fully saturated rings. The van der Waals surface area contributed by atoms with Gasteiger partial charge in [0.1, 0.15) is 0 Å². The van der Waals surface area contributed by atoms with Crippen molar-refractivity contribution in [2.75, 3.05) is 0 Å². The number of nitrogens with two attached hydrogens (primary N) is 1. The van der Waals surface area contributed by atoms with E-state index in [1.54, 1.807) is 13.0 Å². The predicted octanol–water partition coefficient (Wildman–Crippen LogP) is 0.715. The van der Waals surface area contributed by atoms with Gasteiger partial charge in [-0.25, -0.2) is 0 Å². The van der Waals surface area contributed by atoms with Crippen molar-refractivity contribution in [1.29, 1.82) is 0 Å². The molecule has 0 bridgehead atoms. The van der Waals surface area contributed by atoms with Gasteiger partial charge in [0.15, 0.2) is 0 Å². The number of hydrogen-bond acceptors (Lipinski definition) is 3. The molecule has 42 valence electrons. The van der Waals surface area contributed by atoms with Gasteiger partial charge in [-0.3, -0.25) is 5.50 Å². The lowest BCUT2D eigenvalue weighted by molar-refractivity contribution is 0.439. The zero-order chi connectivity index (χ0) is 5.70. The van der Waals surface area contributed by atoms with E-state index in [2.05, 4.69) is 4.52 Å². The van der Waals surface area contributed by atoms with E-state index in [0.717, 1.165) is 0 Å². The Morgan fingerprint density at radius 2 is 2.43 bits per heavy atom. The monoisotopic (exact) mass is 121 g/mol. The molecule has 0 aliphatic heterocycles. The Morgan fingerprint density at radius 1 is 1.86 bits per heavy atom. The summed E-state index contributed by atoms with van der Waals surface area (Å²) >= 11 is 0. The highest BCUT2D eigenvalue weighted by molar-refractivity contribution is 7.43. The van der Waals surface area contributed by atoms with Gasteiger partial charge in [-0.15, -0.1) is 0 Å². The normalized spacial score (nSPS) is 14.7. The van der Waals surface area contributed by atoms with Gasteiger partial charge < -0.3 is 9.42 Å². The van der Waals surface area contributed by atoms with Crippen LogP contribution in [0.3, 0.4) is 0 Å². The van der Waals surface area contributed by atoms with E-state index in [-0.39, 0.29) is 0 Å². The van der Waals surface area contributed by atoms with Gasteiger partial charge in [-0.2, -0.15) is 0 Å². The van der Waals surface area contributed by atoms with Crippen molar-refractivity contribution in [3.63, 3.8) is 0 Å². The molecule has 1 atom stereocenters. The fraction of sp³-hybridized carbons (Fsp3) is 0.333. The van der Waals surface area contributed by atoms with Crippen LogP contribution in [0.4, 0.5) is 0 Å². The van der Waals surface area contributed by atoms with Gasteiger partial charge in [-0.05, 0) is 6.92 Å². The minimum absolute atomic E-state index is 1.35. The van der Waals surface area contributed by atoms with Gasteiger partial charge in [0.05, 0.1) is 6.26 Å². The average Bonchev–Trinajstić information content (AvgIpc) is 1.61. The highest BCUT2D eigenvalue weighted by Gasteiger charge is 1.87. The molecule has 3 nitrogen and oxygen atoms in total. The van der Waals surface area contributed by atoms with Crippen molar-refractivity contribution in [1.82, 2.24) is 0 Å². The van der Waals surface area contributed by atoms with Crippen LogP contribution in [0.15, 0.2) is 12.3 Å². The molecular weight excluding hydrogens is 113 g/mol. The van der Waals surface area contributed by atoms with E-state index in [4.69, 9.17) is 10.4 Å². The van der Waals surface area contributed by atoms with E-state index in [1.165, 1.54) is 6.26 Å². The third kappa shape index (κ3) is 5.89. The molecule has 0 aliphatic carbocycles. The van der Waals surface area contributed by atoms with E-state index in [9.17, 15) is 0 Å². The molecule has 0 amide bonds. The lowest BCUT2D eigenvalue weighted by atomic mass is 10.8. The molecule has 1 unspecified atom stereocenters. The van der Waals surface area contributed by atoms with Gasteiger partial charge >= 0.3 is 8.53 Å². The second kappa shape index (κ2) is 4.06. The summed E-state index contributed by atoms with van der Waals surface area (Å²) in [4.78, 5) is 8.25. The summed E-state index contributed by atoms with van der Waals surface area (Å²) in [6.45, 7) is 1.78. The number of hydrogen-bond donors (Lipinski definition) is 2. The van der Waals surface area contributed by atoms with Gasteiger partial charge in [0, 0.05) is 0 Å².